The molecule has 0 bridgehead atoms. The number of alkyl halides is 3. The van der Waals surface area contributed by atoms with Crippen LogP contribution in [0.3, 0.4) is 0 Å². The minimum absolute atomic E-state index is 0.0464. The molecule has 0 atom stereocenters. The molecule has 8 heteroatoms. The zero-order valence-electron chi connectivity index (χ0n) is 10.4. The molecule has 3 nitrogen and oxygen atoms in total. The molecule has 20 heavy (non-hydrogen) atoms. The normalized spacial score (nSPS) is 11.4. The van der Waals surface area contributed by atoms with Gasteiger partial charge in [-0.05, 0) is 25.0 Å². The van der Waals surface area contributed by atoms with Gasteiger partial charge in [0.1, 0.15) is 0 Å². The van der Waals surface area contributed by atoms with Crippen molar-refractivity contribution < 1.29 is 18.0 Å². The van der Waals surface area contributed by atoms with Gasteiger partial charge in [-0.25, -0.2) is 0 Å². The van der Waals surface area contributed by atoms with Crippen LogP contribution in [0.5, 0.6) is 0 Å². The number of hydrogen-bond acceptors (Lipinski definition) is 2. The molecule has 0 heterocycles. The molecule has 0 aliphatic carbocycles. The molecule has 1 aromatic carbocycles. The average Bonchev–Trinajstić information content (AvgIpc) is 2.31. The number of halogens is 5. The summed E-state index contributed by atoms with van der Waals surface area (Å²) < 4.78 is 35.7. The van der Waals surface area contributed by atoms with Crippen molar-refractivity contribution in [2.75, 3.05) is 12.3 Å². The summed E-state index contributed by atoms with van der Waals surface area (Å²) in [6.45, 7) is 0.123. The summed E-state index contributed by atoms with van der Waals surface area (Å²) in [5, 5.41) is 2.69. The molecule has 3 N–H and O–H groups in total. The second-order valence-electron chi connectivity index (χ2n) is 4.19. The summed E-state index contributed by atoms with van der Waals surface area (Å²) in [7, 11) is 0. The Balaban J connectivity index is 2.48. The highest BCUT2D eigenvalue weighted by atomic mass is 35.5. The summed E-state index contributed by atoms with van der Waals surface area (Å²) in [5.74, 6) is -0.517. The number of rotatable bonds is 5. The van der Waals surface area contributed by atoms with Crippen LogP contribution in [0, 0.1) is 0 Å². The zero-order valence-corrected chi connectivity index (χ0v) is 11.9. The van der Waals surface area contributed by atoms with Crippen molar-refractivity contribution in [3.05, 3.63) is 27.7 Å². The smallest absolute Gasteiger partial charge is 0.389 e. The van der Waals surface area contributed by atoms with Crippen molar-refractivity contribution >= 4 is 34.8 Å². The first-order chi connectivity index (χ1) is 9.20. The summed E-state index contributed by atoms with van der Waals surface area (Å²) in [4.78, 5) is 11.8. The first-order valence-corrected chi connectivity index (χ1v) is 6.56. The van der Waals surface area contributed by atoms with E-state index >= 15 is 0 Å². The standard InChI is InChI=1S/C12H13Cl2F3N2O/c13-9-6-7(18)5-8(10(9)14)11(20)19-4-2-1-3-12(15,16)17/h5-6H,1-4,18H2,(H,19,20). The van der Waals surface area contributed by atoms with Crippen LogP contribution >= 0.6 is 23.2 Å². The Labute approximate surface area is 124 Å². The highest BCUT2D eigenvalue weighted by Crippen LogP contribution is 2.28. The van der Waals surface area contributed by atoms with Crippen LogP contribution in [-0.4, -0.2) is 18.6 Å². The fourth-order valence-corrected chi connectivity index (χ4v) is 1.95. The maximum atomic E-state index is 11.9. The van der Waals surface area contributed by atoms with E-state index in [2.05, 4.69) is 5.32 Å². The number of unbranched alkanes of at least 4 members (excludes halogenated alkanes) is 1. The second-order valence-corrected chi connectivity index (χ2v) is 4.98. The molecule has 0 unspecified atom stereocenters. The lowest BCUT2D eigenvalue weighted by molar-refractivity contribution is -0.135. The van der Waals surface area contributed by atoms with Crippen molar-refractivity contribution in [2.24, 2.45) is 0 Å². The van der Waals surface area contributed by atoms with Crippen molar-refractivity contribution in [3.8, 4) is 0 Å². The van der Waals surface area contributed by atoms with E-state index in [1.54, 1.807) is 0 Å². The second kappa shape index (κ2) is 7.04. The van der Waals surface area contributed by atoms with Gasteiger partial charge in [-0.2, -0.15) is 13.2 Å². The van der Waals surface area contributed by atoms with Gasteiger partial charge in [0.05, 0.1) is 15.6 Å². The monoisotopic (exact) mass is 328 g/mol. The third kappa shape index (κ3) is 5.46. The van der Waals surface area contributed by atoms with Crippen molar-refractivity contribution in [2.45, 2.75) is 25.4 Å². The van der Waals surface area contributed by atoms with E-state index in [1.807, 2.05) is 0 Å². The molecule has 0 aromatic heterocycles. The van der Waals surface area contributed by atoms with Crippen LogP contribution in [0.4, 0.5) is 18.9 Å². The highest BCUT2D eigenvalue weighted by molar-refractivity contribution is 6.44. The predicted octanol–water partition coefficient (Wildman–Crippen LogP) is 4.04. The minimum atomic E-state index is -4.17. The molecule has 0 aliphatic rings. The number of anilines is 1. The van der Waals surface area contributed by atoms with Crippen LogP contribution in [0.15, 0.2) is 12.1 Å². The lowest BCUT2D eigenvalue weighted by Gasteiger charge is -2.09. The van der Waals surface area contributed by atoms with Crippen LogP contribution in [0.25, 0.3) is 0 Å². The third-order valence-electron chi connectivity index (χ3n) is 2.47. The molecule has 1 rings (SSSR count). The number of carbonyl (C=O) groups excluding carboxylic acids is 1. The molecule has 0 radical (unpaired) electrons. The van der Waals surface area contributed by atoms with Gasteiger partial charge < -0.3 is 11.1 Å². The van der Waals surface area contributed by atoms with Crippen molar-refractivity contribution in [1.82, 2.24) is 5.32 Å². The van der Waals surface area contributed by atoms with Crippen LogP contribution < -0.4 is 11.1 Å². The summed E-state index contributed by atoms with van der Waals surface area (Å²) in [6.07, 6.45) is -4.86. The number of nitrogens with one attached hydrogen (secondary N) is 1. The lowest BCUT2D eigenvalue weighted by atomic mass is 10.1. The van der Waals surface area contributed by atoms with Gasteiger partial charge in [-0.3, -0.25) is 4.79 Å². The number of benzene rings is 1. The Morgan fingerprint density at radius 1 is 1.25 bits per heavy atom. The van der Waals surface area contributed by atoms with Crippen LogP contribution in [0.2, 0.25) is 10.0 Å². The molecule has 0 aliphatic heterocycles. The van der Waals surface area contributed by atoms with Crippen molar-refractivity contribution in [1.29, 1.82) is 0 Å². The first-order valence-electron chi connectivity index (χ1n) is 5.80. The first kappa shape index (κ1) is 16.9. The third-order valence-corrected chi connectivity index (χ3v) is 3.27. The molecular weight excluding hydrogens is 316 g/mol. The number of carbonyl (C=O) groups is 1. The van der Waals surface area contributed by atoms with Gasteiger partial charge in [0.2, 0.25) is 0 Å². The molecule has 112 valence electrons. The minimum Gasteiger partial charge on any atom is -0.399 e. The molecule has 0 spiro atoms. The molecule has 0 fully saturated rings. The van der Waals surface area contributed by atoms with Crippen LogP contribution in [-0.2, 0) is 0 Å². The lowest BCUT2D eigenvalue weighted by Crippen LogP contribution is -2.25. The maximum absolute atomic E-state index is 11.9. The Morgan fingerprint density at radius 3 is 2.50 bits per heavy atom. The Morgan fingerprint density at radius 2 is 1.90 bits per heavy atom. The number of nitrogen functional groups attached to an aromatic ring is 1. The zero-order chi connectivity index (χ0) is 15.3. The van der Waals surface area contributed by atoms with E-state index < -0.39 is 18.5 Å². The van der Waals surface area contributed by atoms with E-state index in [4.69, 9.17) is 28.9 Å². The number of amides is 1. The summed E-state index contributed by atoms with van der Waals surface area (Å²) >= 11 is 11.6. The Bertz CT molecular complexity index is 492. The Kier molecular flexibility index (Phi) is 5.95. The number of nitrogens with two attached hydrogens (primary N) is 1. The fraction of sp³-hybridized carbons (Fsp3) is 0.417. The average molecular weight is 329 g/mol. The highest BCUT2D eigenvalue weighted by Gasteiger charge is 2.25. The quantitative estimate of drug-likeness (QED) is 0.633. The van der Waals surface area contributed by atoms with Gasteiger partial charge in [-0.15, -0.1) is 0 Å². The molecule has 1 amide bonds. The topological polar surface area (TPSA) is 55.1 Å². The van der Waals surface area contributed by atoms with E-state index in [0.29, 0.717) is 0 Å². The van der Waals surface area contributed by atoms with E-state index in [9.17, 15) is 18.0 Å². The van der Waals surface area contributed by atoms with Crippen LogP contribution in [0.1, 0.15) is 29.6 Å². The van der Waals surface area contributed by atoms with Crippen molar-refractivity contribution in [3.63, 3.8) is 0 Å². The van der Waals surface area contributed by atoms with Gasteiger partial charge in [-0.1, -0.05) is 23.2 Å². The fourth-order valence-electron chi connectivity index (χ4n) is 1.52. The molecule has 0 saturated heterocycles. The van der Waals surface area contributed by atoms with Gasteiger partial charge in [0, 0.05) is 18.7 Å². The molecular formula is C12H13Cl2F3N2O. The van der Waals surface area contributed by atoms with E-state index in [1.165, 1.54) is 12.1 Å². The van der Waals surface area contributed by atoms with Gasteiger partial charge >= 0.3 is 6.18 Å². The largest absolute Gasteiger partial charge is 0.399 e. The maximum Gasteiger partial charge on any atom is 0.389 e. The van der Waals surface area contributed by atoms with Gasteiger partial charge in [0.25, 0.3) is 5.91 Å². The van der Waals surface area contributed by atoms with Gasteiger partial charge in [0.15, 0.2) is 0 Å². The SMILES string of the molecule is Nc1cc(Cl)c(Cl)c(C(=O)NCCCCC(F)(F)F)c1. The summed E-state index contributed by atoms with van der Waals surface area (Å²) in [5.41, 5.74) is 5.93. The number of hydrogen-bond donors (Lipinski definition) is 2. The molecule has 1 aromatic rings. The summed E-state index contributed by atoms with van der Waals surface area (Å²) in [6, 6.07) is 2.77. The van der Waals surface area contributed by atoms with E-state index in [-0.39, 0.29) is 40.7 Å². The Hall–Kier alpha value is -1.14. The van der Waals surface area contributed by atoms with E-state index in [0.717, 1.165) is 0 Å². The predicted molar refractivity (Wildman–Crippen MR) is 73.1 cm³/mol. The molecule has 0 saturated carbocycles.